The summed E-state index contributed by atoms with van der Waals surface area (Å²) >= 11 is 0. The minimum absolute atomic E-state index is 0.151. The maximum Gasteiger partial charge on any atom is 0.335 e. The van der Waals surface area contributed by atoms with Gasteiger partial charge >= 0.3 is 11.6 Å². The number of hydrogen-bond donors (Lipinski definition) is 2. The van der Waals surface area contributed by atoms with E-state index in [4.69, 9.17) is 5.11 Å². The molecule has 2 N–H and O–H groups in total. The molecule has 0 aromatic carbocycles. The lowest BCUT2D eigenvalue weighted by Gasteiger charge is -2.03. The largest absolute Gasteiger partial charge is 0.481 e. The summed E-state index contributed by atoms with van der Waals surface area (Å²) in [5.41, 5.74) is -0.208. The van der Waals surface area contributed by atoms with Gasteiger partial charge in [-0.15, -0.1) is 0 Å². The minimum Gasteiger partial charge on any atom is -0.481 e. The van der Waals surface area contributed by atoms with Gasteiger partial charge in [-0.05, 0) is 18.9 Å². The molecule has 98 valence electrons. The van der Waals surface area contributed by atoms with Gasteiger partial charge in [0.15, 0.2) is 0 Å². The molecule has 6 heteroatoms. The van der Waals surface area contributed by atoms with Crippen LogP contribution in [-0.2, 0) is 4.79 Å². The zero-order valence-electron chi connectivity index (χ0n) is 9.85. The fraction of sp³-hybridized carbons (Fsp3) is 0.417. The number of hydrogen-bond acceptors (Lipinski definition) is 4. The molecule has 1 amide bonds. The molecule has 18 heavy (non-hydrogen) atoms. The third-order valence-corrected chi connectivity index (χ3v) is 2.32. The molecule has 0 radical (unpaired) electrons. The molecule has 0 aliphatic carbocycles. The number of carbonyl (C=O) groups excluding carboxylic acids is 1. The first-order chi connectivity index (χ1) is 8.59. The maximum absolute atomic E-state index is 11.5. The summed E-state index contributed by atoms with van der Waals surface area (Å²) in [5.74, 6) is -1.12. The molecule has 0 aliphatic rings. The zero-order chi connectivity index (χ0) is 13.4. The first-order valence-corrected chi connectivity index (χ1v) is 5.68. The minimum atomic E-state index is -0.807. The van der Waals surface area contributed by atoms with E-state index < -0.39 is 11.6 Å². The first-order valence-electron chi connectivity index (χ1n) is 5.68. The fourth-order valence-electron chi connectivity index (χ4n) is 1.37. The molecule has 0 fully saturated rings. The number of amides is 1. The van der Waals surface area contributed by atoms with Crippen LogP contribution in [0.3, 0.4) is 0 Å². The SMILES string of the molecule is O=C(O)CCCCCNC(=O)c1ccc(=O)oc1. The topological polar surface area (TPSA) is 96.6 Å². The van der Waals surface area contributed by atoms with Crippen LogP contribution in [0.4, 0.5) is 0 Å². The molecule has 6 nitrogen and oxygen atoms in total. The van der Waals surface area contributed by atoms with Crippen LogP contribution in [0.15, 0.2) is 27.6 Å². The molecular weight excluding hydrogens is 238 g/mol. The van der Waals surface area contributed by atoms with Gasteiger partial charge in [0.1, 0.15) is 6.26 Å². The number of rotatable bonds is 7. The second-order valence-corrected chi connectivity index (χ2v) is 3.80. The Morgan fingerprint density at radius 2 is 2.00 bits per heavy atom. The van der Waals surface area contributed by atoms with E-state index in [1.807, 2.05) is 0 Å². The summed E-state index contributed by atoms with van der Waals surface area (Å²) < 4.78 is 4.57. The van der Waals surface area contributed by atoms with Gasteiger partial charge in [0, 0.05) is 19.0 Å². The summed E-state index contributed by atoms with van der Waals surface area (Å²) in [6, 6.07) is 2.58. The Morgan fingerprint density at radius 3 is 2.61 bits per heavy atom. The van der Waals surface area contributed by atoms with Crippen molar-refractivity contribution < 1.29 is 19.1 Å². The van der Waals surface area contributed by atoms with Crippen molar-refractivity contribution in [3.05, 3.63) is 34.4 Å². The van der Waals surface area contributed by atoms with Gasteiger partial charge in [-0.1, -0.05) is 6.42 Å². The van der Waals surface area contributed by atoms with Crippen LogP contribution >= 0.6 is 0 Å². The highest BCUT2D eigenvalue weighted by molar-refractivity contribution is 5.93. The second-order valence-electron chi connectivity index (χ2n) is 3.80. The van der Waals surface area contributed by atoms with Crippen LogP contribution in [0.2, 0.25) is 0 Å². The van der Waals surface area contributed by atoms with Gasteiger partial charge in [0.05, 0.1) is 5.56 Å². The Morgan fingerprint density at radius 1 is 1.22 bits per heavy atom. The Labute approximate surface area is 104 Å². The summed E-state index contributed by atoms with van der Waals surface area (Å²) in [4.78, 5) is 32.5. The van der Waals surface area contributed by atoms with Gasteiger partial charge in [0.25, 0.3) is 5.91 Å². The van der Waals surface area contributed by atoms with Crippen molar-refractivity contribution >= 4 is 11.9 Å². The lowest BCUT2D eigenvalue weighted by molar-refractivity contribution is -0.137. The van der Waals surface area contributed by atoms with E-state index in [0.717, 1.165) is 19.1 Å². The third-order valence-electron chi connectivity index (χ3n) is 2.32. The molecule has 1 rings (SSSR count). The molecule has 0 spiro atoms. The second kappa shape index (κ2) is 7.26. The van der Waals surface area contributed by atoms with Crippen molar-refractivity contribution in [2.24, 2.45) is 0 Å². The summed E-state index contributed by atoms with van der Waals surface area (Å²) in [5, 5.41) is 11.1. The van der Waals surface area contributed by atoms with E-state index in [1.54, 1.807) is 0 Å². The van der Waals surface area contributed by atoms with Crippen LogP contribution in [0.5, 0.6) is 0 Å². The Kier molecular flexibility index (Phi) is 5.63. The van der Waals surface area contributed by atoms with E-state index in [9.17, 15) is 14.4 Å². The van der Waals surface area contributed by atoms with Crippen molar-refractivity contribution in [2.75, 3.05) is 6.54 Å². The van der Waals surface area contributed by atoms with Crippen LogP contribution in [-0.4, -0.2) is 23.5 Å². The monoisotopic (exact) mass is 253 g/mol. The number of carbonyl (C=O) groups is 2. The molecular formula is C12H15NO5. The number of unbranched alkanes of at least 4 members (excludes halogenated alkanes) is 2. The van der Waals surface area contributed by atoms with Gasteiger partial charge < -0.3 is 14.8 Å². The van der Waals surface area contributed by atoms with E-state index in [2.05, 4.69) is 9.73 Å². The van der Waals surface area contributed by atoms with Gasteiger partial charge in [-0.2, -0.15) is 0 Å². The van der Waals surface area contributed by atoms with Crippen molar-refractivity contribution in [3.63, 3.8) is 0 Å². The Balaban J connectivity index is 2.19. The molecule has 1 heterocycles. The summed E-state index contributed by atoms with van der Waals surface area (Å²) in [6.45, 7) is 0.470. The average molecular weight is 253 g/mol. The van der Waals surface area contributed by atoms with E-state index in [1.165, 1.54) is 12.1 Å². The highest BCUT2D eigenvalue weighted by atomic mass is 16.4. The fourth-order valence-corrected chi connectivity index (χ4v) is 1.37. The maximum atomic E-state index is 11.5. The number of carboxylic acid groups (broad SMARTS) is 1. The predicted octanol–water partition coefficient (Wildman–Crippen LogP) is 1.01. The standard InChI is InChI=1S/C12H15NO5/c14-10(15)4-2-1-3-7-13-12(17)9-5-6-11(16)18-8-9/h5-6,8H,1-4,7H2,(H,13,17)(H,14,15). The molecule has 1 aromatic heterocycles. The smallest absolute Gasteiger partial charge is 0.335 e. The van der Waals surface area contributed by atoms with Crippen molar-refractivity contribution in [2.45, 2.75) is 25.7 Å². The van der Waals surface area contributed by atoms with Gasteiger partial charge in [-0.3, -0.25) is 9.59 Å². The molecule has 0 saturated heterocycles. The van der Waals surface area contributed by atoms with Gasteiger partial charge in [-0.25, -0.2) is 4.79 Å². The van der Waals surface area contributed by atoms with Crippen LogP contribution in [0.25, 0.3) is 0 Å². The normalized spacial score (nSPS) is 10.0. The lowest BCUT2D eigenvalue weighted by Crippen LogP contribution is -2.24. The van der Waals surface area contributed by atoms with E-state index in [-0.39, 0.29) is 12.3 Å². The van der Waals surface area contributed by atoms with Crippen LogP contribution in [0.1, 0.15) is 36.0 Å². The molecule has 0 unspecified atom stereocenters. The molecule has 0 aliphatic heterocycles. The molecule has 1 aromatic rings. The lowest BCUT2D eigenvalue weighted by atomic mass is 10.2. The molecule has 0 atom stereocenters. The number of carboxylic acids is 1. The summed E-state index contributed by atoms with van der Waals surface area (Å²) in [7, 11) is 0. The zero-order valence-corrected chi connectivity index (χ0v) is 9.85. The van der Waals surface area contributed by atoms with Crippen LogP contribution < -0.4 is 10.9 Å². The van der Waals surface area contributed by atoms with Crippen molar-refractivity contribution in [1.29, 1.82) is 0 Å². The number of aliphatic carboxylic acids is 1. The highest BCUT2D eigenvalue weighted by Gasteiger charge is 2.05. The third kappa shape index (κ3) is 5.29. The average Bonchev–Trinajstić information content (AvgIpc) is 2.34. The molecule has 0 saturated carbocycles. The van der Waals surface area contributed by atoms with Gasteiger partial charge in [0.2, 0.25) is 0 Å². The Hall–Kier alpha value is -2.11. The summed E-state index contributed by atoms with van der Waals surface area (Å²) in [6.07, 6.45) is 3.33. The highest BCUT2D eigenvalue weighted by Crippen LogP contribution is 1.99. The molecule has 0 bridgehead atoms. The number of nitrogens with one attached hydrogen (secondary N) is 1. The van der Waals surface area contributed by atoms with Crippen molar-refractivity contribution in [1.82, 2.24) is 5.32 Å². The predicted molar refractivity (Wildman–Crippen MR) is 63.4 cm³/mol. The first kappa shape index (κ1) is 14.0. The Bertz CT molecular complexity index is 445. The van der Waals surface area contributed by atoms with Crippen LogP contribution in [0, 0.1) is 0 Å². The van der Waals surface area contributed by atoms with E-state index in [0.29, 0.717) is 18.5 Å². The quantitative estimate of drug-likeness (QED) is 0.707. The van der Waals surface area contributed by atoms with Crippen molar-refractivity contribution in [3.8, 4) is 0 Å². The van der Waals surface area contributed by atoms with E-state index >= 15 is 0 Å².